The molecule has 0 atom stereocenters. The number of aryl methyl sites for hydroxylation is 2. The molecule has 0 fully saturated rings. The van der Waals surface area contributed by atoms with Gasteiger partial charge in [0, 0.05) is 12.2 Å². The van der Waals surface area contributed by atoms with Crippen molar-refractivity contribution >= 4 is 22.2 Å². The Bertz CT molecular complexity index is 536. The minimum atomic E-state index is 0.0644. The van der Waals surface area contributed by atoms with E-state index in [0.29, 0.717) is 0 Å². The largest absolute Gasteiger partial charge is 0.391 e. The highest BCUT2D eigenvalue weighted by molar-refractivity contribution is 7.15. The molecule has 2 rings (SSSR count). The molecule has 0 aliphatic heterocycles. The third-order valence-electron chi connectivity index (χ3n) is 2.89. The maximum Gasteiger partial charge on any atom is 0.190 e. The van der Waals surface area contributed by atoms with E-state index in [1.54, 1.807) is 11.3 Å². The molecule has 4 heteroatoms. The van der Waals surface area contributed by atoms with E-state index in [9.17, 15) is 5.11 Å². The number of thiazole rings is 1. The zero-order chi connectivity index (χ0) is 13.1. The topological polar surface area (TPSA) is 36.4 Å². The first-order valence-corrected chi connectivity index (χ1v) is 6.88. The average Bonchev–Trinajstić information content (AvgIpc) is 2.71. The van der Waals surface area contributed by atoms with Gasteiger partial charge in [0.05, 0.1) is 17.2 Å². The summed E-state index contributed by atoms with van der Waals surface area (Å²) in [5.74, 6) is 0. The second-order valence-electron chi connectivity index (χ2n) is 4.25. The smallest absolute Gasteiger partial charge is 0.190 e. The van der Waals surface area contributed by atoms with Gasteiger partial charge in [-0.2, -0.15) is 0 Å². The summed E-state index contributed by atoms with van der Waals surface area (Å²) in [5.41, 5.74) is 3.31. The summed E-state index contributed by atoms with van der Waals surface area (Å²) in [6, 6.07) is 8.38. The highest BCUT2D eigenvalue weighted by atomic mass is 32.1. The molecule has 0 aliphatic carbocycles. The van der Waals surface area contributed by atoms with Crippen molar-refractivity contribution in [1.82, 2.24) is 4.98 Å². The van der Waals surface area contributed by atoms with Crippen molar-refractivity contribution in [2.45, 2.75) is 27.4 Å². The molecule has 2 aromatic rings. The lowest BCUT2D eigenvalue weighted by atomic mass is 10.2. The van der Waals surface area contributed by atoms with Crippen LogP contribution in [0.3, 0.4) is 0 Å². The molecule has 0 saturated carbocycles. The van der Waals surface area contributed by atoms with E-state index in [0.717, 1.165) is 27.9 Å². The van der Waals surface area contributed by atoms with Crippen molar-refractivity contribution in [3.05, 3.63) is 40.4 Å². The summed E-state index contributed by atoms with van der Waals surface area (Å²) in [5, 5.41) is 10.2. The maximum atomic E-state index is 9.25. The number of aliphatic hydroxyl groups excluding tert-OH is 1. The van der Waals surface area contributed by atoms with E-state index in [-0.39, 0.29) is 6.61 Å². The third-order valence-corrected chi connectivity index (χ3v) is 4.05. The first-order chi connectivity index (χ1) is 8.65. The van der Waals surface area contributed by atoms with Crippen LogP contribution in [0.4, 0.5) is 10.8 Å². The van der Waals surface area contributed by atoms with Crippen molar-refractivity contribution < 1.29 is 5.11 Å². The predicted octanol–water partition coefficient (Wildman–Crippen LogP) is 3.41. The monoisotopic (exact) mass is 262 g/mol. The molecule has 1 heterocycles. The van der Waals surface area contributed by atoms with Crippen molar-refractivity contribution in [1.29, 1.82) is 0 Å². The molecular formula is C14H18N2OS. The van der Waals surface area contributed by atoms with Gasteiger partial charge < -0.3 is 10.0 Å². The van der Waals surface area contributed by atoms with Crippen LogP contribution >= 0.6 is 11.3 Å². The van der Waals surface area contributed by atoms with Gasteiger partial charge in [0.15, 0.2) is 5.13 Å². The molecule has 96 valence electrons. The van der Waals surface area contributed by atoms with Crippen LogP contribution in [0.25, 0.3) is 0 Å². The lowest BCUT2D eigenvalue weighted by molar-refractivity contribution is 0.284. The average molecular weight is 262 g/mol. The van der Waals surface area contributed by atoms with Crippen LogP contribution in [-0.2, 0) is 6.61 Å². The maximum absolute atomic E-state index is 9.25. The molecule has 0 saturated heterocycles. The normalized spacial score (nSPS) is 10.7. The van der Waals surface area contributed by atoms with Gasteiger partial charge in [-0.05, 0) is 38.5 Å². The van der Waals surface area contributed by atoms with Crippen LogP contribution in [0, 0.1) is 13.8 Å². The fraction of sp³-hybridized carbons (Fsp3) is 0.357. The summed E-state index contributed by atoms with van der Waals surface area (Å²) in [6.45, 7) is 7.06. The van der Waals surface area contributed by atoms with Crippen LogP contribution < -0.4 is 4.90 Å². The summed E-state index contributed by atoms with van der Waals surface area (Å²) in [7, 11) is 0. The highest BCUT2D eigenvalue weighted by Gasteiger charge is 2.14. The first-order valence-electron chi connectivity index (χ1n) is 6.07. The third kappa shape index (κ3) is 2.54. The Balaban J connectivity index is 2.38. The molecule has 0 bridgehead atoms. The van der Waals surface area contributed by atoms with Crippen LogP contribution in [-0.4, -0.2) is 16.6 Å². The number of aromatic nitrogens is 1. The summed E-state index contributed by atoms with van der Waals surface area (Å²) >= 11 is 1.56. The molecular weight excluding hydrogens is 244 g/mol. The fourth-order valence-electron chi connectivity index (χ4n) is 1.90. The molecule has 3 nitrogen and oxygen atoms in total. The minimum absolute atomic E-state index is 0.0644. The molecule has 1 aromatic heterocycles. The Kier molecular flexibility index (Phi) is 3.99. The van der Waals surface area contributed by atoms with Crippen molar-refractivity contribution in [2.75, 3.05) is 11.4 Å². The first kappa shape index (κ1) is 13.1. The van der Waals surface area contributed by atoms with Crippen molar-refractivity contribution in [3.8, 4) is 0 Å². The number of nitrogens with zero attached hydrogens (tertiary/aromatic N) is 2. The second-order valence-corrected chi connectivity index (χ2v) is 5.31. The van der Waals surface area contributed by atoms with Gasteiger partial charge in [-0.1, -0.05) is 23.5 Å². The van der Waals surface area contributed by atoms with E-state index in [1.807, 2.05) is 6.92 Å². The summed E-state index contributed by atoms with van der Waals surface area (Å²) < 4.78 is 0. The lowest BCUT2D eigenvalue weighted by Crippen LogP contribution is -2.15. The quantitative estimate of drug-likeness (QED) is 0.917. The van der Waals surface area contributed by atoms with Gasteiger partial charge in [0.1, 0.15) is 0 Å². The highest BCUT2D eigenvalue weighted by Crippen LogP contribution is 2.31. The molecule has 18 heavy (non-hydrogen) atoms. The Morgan fingerprint density at radius 3 is 2.67 bits per heavy atom. The van der Waals surface area contributed by atoms with Crippen LogP contribution in [0.1, 0.15) is 23.1 Å². The number of anilines is 2. The van der Waals surface area contributed by atoms with Gasteiger partial charge >= 0.3 is 0 Å². The van der Waals surface area contributed by atoms with E-state index in [2.05, 4.69) is 48.0 Å². The molecule has 0 unspecified atom stereocenters. The van der Waals surface area contributed by atoms with E-state index < -0.39 is 0 Å². The minimum Gasteiger partial charge on any atom is -0.391 e. The van der Waals surface area contributed by atoms with Crippen LogP contribution in [0.2, 0.25) is 0 Å². The lowest BCUT2D eigenvalue weighted by Gasteiger charge is -2.20. The predicted molar refractivity (Wildman–Crippen MR) is 76.6 cm³/mol. The van der Waals surface area contributed by atoms with Crippen LogP contribution in [0.15, 0.2) is 24.3 Å². The Labute approximate surface area is 112 Å². The van der Waals surface area contributed by atoms with Crippen molar-refractivity contribution in [3.63, 3.8) is 0 Å². The second kappa shape index (κ2) is 5.50. The SMILES string of the molecule is CCN(c1cccc(C)c1)c1nc(C)c(CO)s1. The van der Waals surface area contributed by atoms with E-state index >= 15 is 0 Å². The molecule has 0 aliphatic rings. The molecule has 1 N–H and O–H groups in total. The molecule has 0 radical (unpaired) electrons. The van der Waals surface area contributed by atoms with E-state index in [4.69, 9.17) is 0 Å². The van der Waals surface area contributed by atoms with Crippen LogP contribution in [0.5, 0.6) is 0 Å². The fourth-order valence-corrected chi connectivity index (χ4v) is 2.90. The van der Waals surface area contributed by atoms with Crippen molar-refractivity contribution in [2.24, 2.45) is 0 Å². The Morgan fingerprint density at radius 2 is 2.11 bits per heavy atom. The van der Waals surface area contributed by atoms with Gasteiger partial charge in [-0.15, -0.1) is 0 Å². The zero-order valence-corrected chi connectivity index (χ0v) is 11.8. The number of hydrogen-bond acceptors (Lipinski definition) is 4. The summed E-state index contributed by atoms with van der Waals surface area (Å²) in [6.07, 6.45) is 0. The summed E-state index contributed by atoms with van der Waals surface area (Å²) in [4.78, 5) is 7.65. The Hall–Kier alpha value is -1.39. The standard InChI is InChI=1S/C14H18N2OS/c1-4-16(12-7-5-6-10(2)8-12)14-15-11(3)13(9-17)18-14/h5-8,17H,4,9H2,1-3H3. The zero-order valence-electron chi connectivity index (χ0n) is 11.0. The van der Waals surface area contributed by atoms with E-state index in [1.165, 1.54) is 5.56 Å². The number of rotatable bonds is 4. The van der Waals surface area contributed by atoms with Gasteiger partial charge in [-0.25, -0.2) is 4.98 Å². The molecule has 1 aromatic carbocycles. The van der Waals surface area contributed by atoms with Gasteiger partial charge in [0.2, 0.25) is 0 Å². The van der Waals surface area contributed by atoms with Gasteiger partial charge in [0.25, 0.3) is 0 Å². The van der Waals surface area contributed by atoms with Gasteiger partial charge in [-0.3, -0.25) is 0 Å². The Morgan fingerprint density at radius 1 is 1.33 bits per heavy atom. The molecule has 0 amide bonds. The molecule has 0 spiro atoms. The number of benzene rings is 1. The number of aliphatic hydroxyl groups is 1. The number of hydrogen-bond donors (Lipinski definition) is 1.